The number of amides is 2. The lowest BCUT2D eigenvalue weighted by Gasteiger charge is -2.34. The van der Waals surface area contributed by atoms with Crippen LogP contribution in [0.25, 0.3) is 33.3 Å². The number of ketones is 1. The SMILES string of the molecule is COc1cnc(-c2cc3ccncc3o2)c2[nH]cc(C(=O)C(=O)N3CCN(C(=O)c4ccccn4)CC3)c12. The molecule has 0 bridgehead atoms. The number of hydrogen-bond donors (Lipinski definition) is 1. The number of furan rings is 1. The van der Waals surface area contributed by atoms with E-state index in [0.717, 1.165) is 5.39 Å². The lowest BCUT2D eigenvalue weighted by molar-refractivity contribution is -0.127. The molecule has 5 aromatic heterocycles. The maximum absolute atomic E-state index is 13.4. The zero-order chi connectivity index (χ0) is 26.2. The van der Waals surface area contributed by atoms with Crippen LogP contribution in [0, 0.1) is 0 Å². The molecular weight excluding hydrogens is 488 g/mol. The van der Waals surface area contributed by atoms with Gasteiger partial charge in [-0.05, 0) is 24.3 Å². The average molecular weight is 511 g/mol. The number of H-pyrrole nitrogens is 1. The summed E-state index contributed by atoms with van der Waals surface area (Å²) in [6.45, 7) is 1.09. The zero-order valence-corrected chi connectivity index (χ0v) is 20.4. The van der Waals surface area contributed by atoms with Crippen molar-refractivity contribution in [2.45, 2.75) is 0 Å². The van der Waals surface area contributed by atoms with Crippen LogP contribution in [0.3, 0.4) is 0 Å². The maximum atomic E-state index is 13.4. The fraction of sp³-hybridized carbons (Fsp3) is 0.185. The number of nitrogens with zero attached hydrogens (tertiary/aromatic N) is 5. The standard InChI is InChI=1S/C27H22N6O5/c1-37-21-15-31-23(19-12-16-5-7-28-14-20(16)38-19)24-22(21)17(13-30-24)25(34)27(36)33-10-8-32(9-11-33)26(35)18-4-2-3-6-29-18/h2-7,12-15,30H,8-11H2,1H3. The predicted octanol–water partition coefficient (Wildman–Crippen LogP) is 2.94. The van der Waals surface area contributed by atoms with Crippen LogP contribution in [0.15, 0.2) is 65.7 Å². The number of aromatic amines is 1. The number of aromatic nitrogens is 4. The first-order valence-electron chi connectivity index (χ1n) is 12.0. The molecule has 1 saturated heterocycles. The number of rotatable bonds is 5. The number of pyridine rings is 3. The number of ether oxygens (including phenoxy) is 1. The van der Waals surface area contributed by atoms with Crippen molar-refractivity contribution < 1.29 is 23.5 Å². The second-order valence-corrected chi connectivity index (χ2v) is 8.78. The molecule has 0 unspecified atom stereocenters. The molecule has 11 nitrogen and oxygen atoms in total. The first kappa shape index (κ1) is 23.3. The number of hydrogen-bond acceptors (Lipinski definition) is 8. The number of carbonyl (C=O) groups excluding carboxylic acids is 3. The van der Waals surface area contributed by atoms with E-state index in [0.29, 0.717) is 52.5 Å². The van der Waals surface area contributed by atoms with E-state index in [2.05, 4.69) is 19.9 Å². The summed E-state index contributed by atoms with van der Waals surface area (Å²) in [5.41, 5.74) is 2.12. The first-order valence-corrected chi connectivity index (χ1v) is 12.0. The molecule has 5 aromatic rings. The Morgan fingerprint density at radius 1 is 1.00 bits per heavy atom. The first-order chi connectivity index (χ1) is 18.5. The summed E-state index contributed by atoms with van der Waals surface area (Å²) >= 11 is 0. The van der Waals surface area contributed by atoms with Crippen molar-refractivity contribution in [3.05, 3.63) is 72.6 Å². The summed E-state index contributed by atoms with van der Waals surface area (Å²) in [6, 6.07) is 8.81. The van der Waals surface area contributed by atoms with Gasteiger partial charge in [-0.1, -0.05) is 6.07 Å². The van der Waals surface area contributed by atoms with E-state index >= 15 is 0 Å². The summed E-state index contributed by atoms with van der Waals surface area (Å²) in [6.07, 6.45) is 7.84. The Labute approximate surface area is 216 Å². The zero-order valence-electron chi connectivity index (χ0n) is 20.4. The quantitative estimate of drug-likeness (QED) is 0.282. The van der Waals surface area contributed by atoms with E-state index in [4.69, 9.17) is 9.15 Å². The number of piperazine rings is 1. The predicted molar refractivity (Wildman–Crippen MR) is 137 cm³/mol. The number of carbonyl (C=O) groups is 3. The molecule has 1 N–H and O–H groups in total. The molecule has 11 heteroatoms. The minimum atomic E-state index is -0.676. The molecule has 38 heavy (non-hydrogen) atoms. The van der Waals surface area contributed by atoms with Crippen molar-refractivity contribution in [2.24, 2.45) is 0 Å². The van der Waals surface area contributed by atoms with Crippen LogP contribution in [-0.4, -0.2) is 80.6 Å². The topological polar surface area (TPSA) is 135 Å². The van der Waals surface area contributed by atoms with Gasteiger partial charge in [-0.15, -0.1) is 0 Å². The van der Waals surface area contributed by atoms with Crippen molar-refractivity contribution in [2.75, 3.05) is 33.3 Å². The van der Waals surface area contributed by atoms with Crippen LogP contribution < -0.4 is 4.74 Å². The van der Waals surface area contributed by atoms with E-state index < -0.39 is 11.7 Å². The van der Waals surface area contributed by atoms with Gasteiger partial charge in [0.25, 0.3) is 17.6 Å². The average Bonchev–Trinajstić information content (AvgIpc) is 3.61. The van der Waals surface area contributed by atoms with Gasteiger partial charge in [-0.2, -0.15) is 0 Å². The Kier molecular flexibility index (Phi) is 5.79. The molecule has 0 radical (unpaired) electrons. The van der Waals surface area contributed by atoms with Gasteiger partial charge in [0.15, 0.2) is 11.3 Å². The van der Waals surface area contributed by atoms with Crippen LogP contribution >= 0.6 is 0 Å². The minimum Gasteiger partial charge on any atom is -0.494 e. The lowest BCUT2D eigenvalue weighted by atomic mass is 10.1. The highest BCUT2D eigenvalue weighted by atomic mass is 16.5. The van der Waals surface area contributed by atoms with Gasteiger partial charge in [0.1, 0.15) is 17.1 Å². The smallest absolute Gasteiger partial charge is 0.295 e. The highest BCUT2D eigenvalue weighted by Crippen LogP contribution is 2.36. The summed E-state index contributed by atoms with van der Waals surface area (Å²) in [4.78, 5) is 58.1. The Hall–Kier alpha value is -5.06. The Morgan fingerprint density at radius 2 is 1.82 bits per heavy atom. The molecule has 6 heterocycles. The molecule has 1 fully saturated rings. The van der Waals surface area contributed by atoms with Crippen molar-refractivity contribution >= 4 is 39.5 Å². The van der Waals surface area contributed by atoms with Crippen molar-refractivity contribution in [3.8, 4) is 17.2 Å². The number of methoxy groups -OCH3 is 1. The lowest BCUT2D eigenvalue weighted by Crippen LogP contribution is -2.52. The van der Waals surface area contributed by atoms with E-state index in [9.17, 15) is 14.4 Å². The maximum Gasteiger partial charge on any atom is 0.295 e. The minimum absolute atomic E-state index is 0.176. The summed E-state index contributed by atoms with van der Waals surface area (Å²) < 4.78 is 11.4. The van der Waals surface area contributed by atoms with Gasteiger partial charge in [0.05, 0.1) is 36.0 Å². The molecule has 2 amide bonds. The van der Waals surface area contributed by atoms with E-state index in [1.54, 1.807) is 41.7 Å². The molecule has 190 valence electrons. The third kappa shape index (κ3) is 3.94. The fourth-order valence-corrected chi connectivity index (χ4v) is 4.66. The molecule has 0 aliphatic carbocycles. The van der Waals surface area contributed by atoms with Crippen LogP contribution in [-0.2, 0) is 4.79 Å². The Morgan fingerprint density at radius 3 is 2.55 bits per heavy atom. The molecule has 0 atom stereocenters. The summed E-state index contributed by atoms with van der Waals surface area (Å²) in [5.74, 6) is -0.686. The molecule has 1 aliphatic rings. The molecule has 0 spiro atoms. The Bertz CT molecular complexity index is 1650. The van der Waals surface area contributed by atoms with Gasteiger partial charge in [0, 0.05) is 50.2 Å². The monoisotopic (exact) mass is 510 g/mol. The largest absolute Gasteiger partial charge is 0.494 e. The second kappa shape index (κ2) is 9.43. The molecule has 1 aliphatic heterocycles. The molecule has 6 rings (SSSR count). The van der Waals surface area contributed by atoms with Gasteiger partial charge < -0.3 is 23.9 Å². The van der Waals surface area contributed by atoms with E-state index in [1.807, 2.05) is 12.1 Å². The molecule has 0 aromatic carbocycles. The van der Waals surface area contributed by atoms with Crippen LogP contribution in [0.4, 0.5) is 0 Å². The highest BCUT2D eigenvalue weighted by Gasteiger charge is 2.31. The number of fused-ring (bicyclic) bond motifs is 2. The second-order valence-electron chi connectivity index (χ2n) is 8.78. The van der Waals surface area contributed by atoms with Gasteiger partial charge in [-0.25, -0.2) is 4.98 Å². The van der Waals surface area contributed by atoms with Gasteiger partial charge in [-0.3, -0.25) is 24.4 Å². The van der Waals surface area contributed by atoms with E-state index in [-0.39, 0.29) is 24.6 Å². The third-order valence-electron chi connectivity index (χ3n) is 6.63. The Balaban J connectivity index is 1.26. The van der Waals surface area contributed by atoms with Crippen LogP contribution in [0.1, 0.15) is 20.8 Å². The fourth-order valence-electron chi connectivity index (χ4n) is 4.66. The van der Waals surface area contributed by atoms with E-state index in [1.165, 1.54) is 24.4 Å². The van der Waals surface area contributed by atoms with Gasteiger partial charge >= 0.3 is 0 Å². The third-order valence-corrected chi connectivity index (χ3v) is 6.63. The highest BCUT2D eigenvalue weighted by molar-refractivity contribution is 6.45. The van der Waals surface area contributed by atoms with Crippen molar-refractivity contribution in [1.29, 1.82) is 0 Å². The molecule has 0 saturated carbocycles. The summed E-state index contributed by atoms with van der Waals surface area (Å²) in [7, 11) is 1.48. The van der Waals surface area contributed by atoms with Crippen LogP contribution in [0.2, 0.25) is 0 Å². The normalized spacial score (nSPS) is 13.7. The van der Waals surface area contributed by atoms with Crippen molar-refractivity contribution in [1.82, 2.24) is 29.7 Å². The van der Waals surface area contributed by atoms with Crippen molar-refractivity contribution in [3.63, 3.8) is 0 Å². The van der Waals surface area contributed by atoms with Crippen LogP contribution in [0.5, 0.6) is 5.75 Å². The summed E-state index contributed by atoms with van der Waals surface area (Å²) in [5, 5.41) is 1.30. The number of nitrogens with one attached hydrogen (secondary N) is 1. The molecular formula is C27H22N6O5. The van der Waals surface area contributed by atoms with Gasteiger partial charge in [0.2, 0.25) is 0 Å². The number of Topliss-reactive ketones (excluding diaryl/α,β-unsaturated/α-hetero) is 1.